The number of furan rings is 1. The Morgan fingerprint density at radius 2 is 2.29 bits per heavy atom. The van der Waals surface area contributed by atoms with Crippen molar-refractivity contribution in [3.8, 4) is 0 Å². The van der Waals surface area contributed by atoms with Crippen LogP contribution < -0.4 is 5.32 Å². The Bertz CT molecular complexity index is 304. The van der Waals surface area contributed by atoms with Gasteiger partial charge in [0, 0.05) is 0 Å². The lowest BCUT2D eigenvalue weighted by molar-refractivity contribution is 0.0660. The minimum absolute atomic E-state index is 0.00801. The van der Waals surface area contributed by atoms with E-state index in [1.54, 1.807) is 6.07 Å². The first-order chi connectivity index (χ1) is 6.59. The molecule has 0 bridgehead atoms. The molecule has 0 saturated carbocycles. The maximum atomic E-state index is 10.5. The molecular weight excluding hydrogens is 182 g/mol. The average molecular weight is 197 g/mol. The van der Waals surface area contributed by atoms with E-state index in [4.69, 9.17) is 9.52 Å². The molecule has 0 aromatic carbocycles. The molecule has 1 aromatic heterocycles. The second-order valence-corrected chi connectivity index (χ2v) is 3.60. The number of carboxylic acid groups (broad SMARTS) is 1. The lowest BCUT2D eigenvalue weighted by Crippen LogP contribution is -2.18. The van der Waals surface area contributed by atoms with E-state index in [0.717, 1.165) is 6.54 Å². The number of rotatable bonds is 5. The summed E-state index contributed by atoms with van der Waals surface area (Å²) in [6, 6.07) is 3.14. The molecule has 14 heavy (non-hydrogen) atoms. The number of carbonyl (C=O) groups is 1. The predicted molar refractivity (Wildman–Crippen MR) is 52.2 cm³/mol. The van der Waals surface area contributed by atoms with Crippen LogP contribution in [0.15, 0.2) is 16.5 Å². The van der Waals surface area contributed by atoms with E-state index < -0.39 is 5.97 Å². The summed E-state index contributed by atoms with van der Waals surface area (Å²) in [4.78, 5) is 10.5. The normalized spacial score (nSPS) is 10.8. The minimum atomic E-state index is -1.03. The zero-order valence-corrected chi connectivity index (χ0v) is 8.41. The topological polar surface area (TPSA) is 62.5 Å². The average Bonchev–Trinajstić information content (AvgIpc) is 2.52. The molecule has 0 atom stereocenters. The Kier molecular flexibility index (Phi) is 3.71. The van der Waals surface area contributed by atoms with E-state index in [1.807, 2.05) is 0 Å². The van der Waals surface area contributed by atoms with Gasteiger partial charge in [0.2, 0.25) is 5.76 Å². The third-order valence-corrected chi connectivity index (χ3v) is 1.72. The largest absolute Gasteiger partial charge is 0.475 e. The van der Waals surface area contributed by atoms with Crippen LogP contribution in [0.25, 0.3) is 0 Å². The quantitative estimate of drug-likeness (QED) is 0.754. The highest BCUT2D eigenvalue weighted by Crippen LogP contribution is 2.07. The summed E-state index contributed by atoms with van der Waals surface area (Å²) in [7, 11) is 0. The second-order valence-electron chi connectivity index (χ2n) is 3.60. The molecule has 4 heteroatoms. The Balaban J connectivity index is 2.40. The van der Waals surface area contributed by atoms with Crippen molar-refractivity contribution in [2.75, 3.05) is 6.54 Å². The molecule has 1 heterocycles. The summed E-state index contributed by atoms with van der Waals surface area (Å²) in [6.07, 6.45) is 0. The fraction of sp³-hybridized carbons (Fsp3) is 0.500. The molecule has 0 spiro atoms. The van der Waals surface area contributed by atoms with Crippen molar-refractivity contribution in [2.24, 2.45) is 5.92 Å². The Labute approximate surface area is 82.9 Å². The zero-order chi connectivity index (χ0) is 10.6. The van der Waals surface area contributed by atoms with Crippen LogP contribution in [-0.2, 0) is 6.54 Å². The second kappa shape index (κ2) is 4.81. The molecule has 0 aliphatic carbocycles. The van der Waals surface area contributed by atoms with Crippen molar-refractivity contribution in [1.29, 1.82) is 0 Å². The smallest absolute Gasteiger partial charge is 0.371 e. The summed E-state index contributed by atoms with van der Waals surface area (Å²) < 4.78 is 5.06. The van der Waals surface area contributed by atoms with Gasteiger partial charge in [-0.15, -0.1) is 0 Å². The van der Waals surface area contributed by atoms with Gasteiger partial charge in [-0.05, 0) is 24.6 Å². The summed E-state index contributed by atoms with van der Waals surface area (Å²) in [5.41, 5.74) is 0. The Morgan fingerprint density at radius 3 is 2.79 bits per heavy atom. The molecule has 78 valence electrons. The first-order valence-electron chi connectivity index (χ1n) is 4.62. The number of hydrogen-bond donors (Lipinski definition) is 2. The van der Waals surface area contributed by atoms with Crippen molar-refractivity contribution in [2.45, 2.75) is 20.4 Å². The fourth-order valence-electron chi connectivity index (χ4n) is 1.07. The van der Waals surface area contributed by atoms with Crippen LogP contribution in [0, 0.1) is 5.92 Å². The van der Waals surface area contributed by atoms with E-state index in [2.05, 4.69) is 19.2 Å². The molecule has 0 amide bonds. The van der Waals surface area contributed by atoms with Crippen LogP contribution in [0.3, 0.4) is 0 Å². The molecule has 0 aliphatic rings. The van der Waals surface area contributed by atoms with Gasteiger partial charge >= 0.3 is 5.97 Å². The number of hydrogen-bond acceptors (Lipinski definition) is 3. The third kappa shape index (κ3) is 3.22. The van der Waals surface area contributed by atoms with Gasteiger partial charge in [-0.1, -0.05) is 13.8 Å². The van der Waals surface area contributed by atoms with E-state index in [9.17, 15) is 4.79 Å². The van der Waals surface area contributed by atoms with E-state index >= 15 is 0 Å². The summed E-state index contributed by atoms with van der Waals surface area (Å²) in [5.74, 6) is 0.193. The molecule has 4 nitrogen and oxygen atoms in total. The van der Waals surface area contributed by atoms with Crippen LogP contribution in [-0.4, -0.2) is 17.6 Å². The maximum absolute atomic E-state index is 10.5. The minimum Gasteiger partial charge on any atom is -0.475 e. The maximum Gasteiger partial charge on any atom is 0.371 e. The molecular formula is C10H15NO3. The van der Waals surface area contributed by atoms with E-state index in [1.165, 1.54) is 6.07 Å². The fourth-order valence-corrected chi connectivity index (χ4v) is 1.07. The third-order valence-electron chi connectivity index (χ3n) is 1.72. The zero-order valence-electron chi connectivity index (χ0n) is 8.41. The summed E-state index contributed by atoms with van der Waals surface area (Å²) >= 11 is 0. The van der Waals surface area contributed by atoms with E-state index in [0.29, 0.717) is 18.2 Å². The standard InChI is InChI=1S/C10H15NO3/c1-7(2)5-11-6-8-3-4-9(14-8)10(12)13/h3-4,7,11H,5-6H2,1-2H3,(H,12,13). The van der Waals surface area contributed by atoms with Gasteiger partial charge in [-0.2, -0.15) is 0 Å². The predicted octanol–water partition coefficient (Wildman–Crippen LogP) is 1.72. The van der Waals surface area contributed by atoms with Crippen molar-refractivity contribution >= 4 is 5.97 Å². The van der Waals surface area contributed by atoms with E-state index in [-0.39, 0.29) is 5.76 Å². The summed E-state index contributed by atoms with van der Waals surface area (Å²) in [5, 5.41) is 11.8. The van der Waals surface area contributed by atoms with Gasteiger partial charge in [-0.3, -0.25) is 0 Å². The van der Waals surface area contributed by atoms with Crippen LogP contribution in [0.1, 0.15) is 30.2 Å². The highest BCUT2D eigenvalue weighted by Gasteiger charge is 2.08. The summed E-state index contributed by atoms with van der Waals surface area (Å²) in [6.45, 7) is 5.68. The molecule has 0 fully saturated rings. The van der Waals surface area contributed by atoms with Crippen molar-refractivity contribution in [3.05, 3.63) is 23.7 Å². The number of aromatic carboxylic acids is 1. The first-order valence-corrected chi connectivity index (χ1v) is 4.62. The van der Waals surface area contributed by atoms with Crippen molar-refractivity contribution in [3.63, 3.8) is 0 Å². The highest BCUT2D eigenvalue weighted by molar-refractivity contribution is 5.84. The van der Waals surface area contributed by atoms with Gasteiger partial charge in [0.15, 0.2) is 0 Å². The van der Waals surface area contributed by atoms with Gasteiger partial charge < -0.3 is 14.8 Å². The molecule has 2 N–H and O–H groups in total. The molecule has 1 rings (SSSR count). The SMILES string of the molecule is CC(C)CNCc1ccc(C(=O)O)o1. The Morgan fingerprint density at radius 1 is 1.57 bits per heavy atom. The lowest BCUT2D eigenvalue weighted by Gasteiger charge is -2.04. The monoisotopic (exact) mass is 197 g/mol. The highest BCUT2D eigenvalue weighted by atomic mass is 16.4. The molecule has 0 radical (unpaired) electrons. The van der Waals surface area contributed by atoms with Crippen molar-refractivity contribution < 1.29 is 14.3 Å². The van der Waals surface area contributed by atoms with Crippen LogP contribution >= 0.6 is 0 Å². The lowest BCUT2D eigenvalue weighted by atomic mass is 10.2. The van der Waals surface area contributed by atoms with Crippen LogP contribution in [0.2, 0.25) is 0 Å². The van der Waals surface area contributed by atoms with Crippen molar-refractivity contribution in [1.82, 2.24) is 5.32 Å². The van der Waals surface area contributed by atoms with Gasteiger partial charge in [0.05, 0.1) is 6.54 Å². The van der Waals surface area contributed by atoms with Gasteiger partial charge in [0.25, 0.3) is 0 Å². The molecule has 0 unspecified atom stereocenters. The Hall–Kier alpha value is -1.29. The number of carboxylic acids is 1. The van der Waals surface area contributed by atoms with Gasteiger partial charge in [-0.25, -0.2) is 4.79 Å². The number of nitrogens with one attached hydrogen (secondary N) is 1. The molecule has 0 saturated heterocycles. The molecule has 1 aromatic rings. The molecule has 0 aliphatic heterocycles. The first kappa shape index (κ1) is 10.8. The van der Waals surface area contributed by atoms with Gasteiger partial charge in [0.1, 0.15) is 5.76 Å². The van der Waals surface area contributed by atoms with Crippen LogP contribution in [0.5, 0.6) is 0 Å². The van der Waals surface area contributed by atoms with Crippen LogP contribution in [0.4, 0.5) is 0 Å².